The molecule has 0 spiro atoms. The molecule has 4 aromatic heterocycles. The van der Waals surface area contributed by atoms with E-state index in [2.05, 4.69) is 179 Å². The Morgan fingerprint density at radius 2 is 0.771 bits per heavy atom. The summed E-state index contributed by atoms with van der Waals surface area (Å²) in [5.74, 6) is 0. The molecule has 0 amide bonds. The lowest BCUT2D eigenvalue weighted by Crippen LogP contribution is -2.07. The van der Waals surface area contributed by atoms with Gasteiger partial charge in [-0.05, 0) is 129 Å². The Balaban J connectivity index is 1.01. The summed E-state index contributed by atoms with van der Waals surface area (Å²) in [6, 6.07) is 76.8. The van der Waals surface area contributed by atoms with E-state index in [1.807, 2.05) is 42.5 Å². The van der Waals surface area contributed by atoms with Crippen LogP contribution in [0, 0.1) is 22.7 Å². The van der Waals surface area contributed by atoms with Crippen LogP contribution in [0.25, 0.3) is 143 Å². The third-order valence-electron chi connectivity index (χ3n) is 14.5. The van der Waals surface area contributed by atoms with Crippen molar-refractivity contribution in [3.63, 3.8) is 0 Å². The van der Waals surface area contributed by atoms with Crippen molar-refractivity contribution in [1.82, 2.24) is 9.13 Å². The fourth-order valence-corrected chi connectivity index (χ4v) is 11.4. The van der Waals surface area contributed by atoms with E-state index in [0.29, 0.717) is 16.8 Å². The molecule has 0 saturated carbocycles. The summed E-state index contributed by atoms with van der Waals surface area (Å²) in [6.07, 6.45) is 0. The highest BCUT2D eigenvalue weighted by Gasteiger charge is 2.25. The number of rotatable bonds is 4. The molecule has 11 aromatic carbocycles. The molecule has 0 N–H and O–H groups in total. The van der Waals surface area contributed by atoms with E-state index >= 15 is 0 Å². The summed E-state index contributed by atoms with van der Waals surface area (Å²) in [5.41, 5.74) is 13.6. The number of hydrogen-bond donors (Lipinski definition) is 0. The van der Waals surface area contributed by atoms with E-state index < -0.39 is 0 Å². The van der Waals surface area contributed by atoms with E-state index in [1.54, 1.807) is 6.07 Å². The fourth-order valence-electron chi connectivity index (χ4n) is 11.4. The number of benzene rings is 11. The van der Waals surface area contributed by atoms with Gasteiger partial charge < -0.3 is 18.0 Å². The molecule has 15 aromatic rings. The van der Waals surface area contributed by atoms with Gasteiger partial charge in [-0.25, -0.2) is 0 Å². The lowest BCUT2D eigenvalue weighted by molar-refractivity contribution is 0.668. The molecule has 0 aliphatic rings. The summed E-state index contributed by atoms with van der Waals surface area (Å²) >= 11 is 0. The first kappa shape index (κ1) is 38.2. The van der Waals surface area contributed by atoms with Crippen molar-refractivity contribution in [2.45, 2.75) is 0 Å². The summed E-state index contributed by atoms with van der Waals surface area (Å²) in [4.78, 5) is 0. The molecule has 0 bridgehead atoms. The molecule has 0 atom stereocenters. The first-order valence-corrected chi connectivity index (χ1v) is 23.3. The van der Waals surface area contributed by atoms with Crippen LogP contribution in [-0.2, 0) is 0 Å². The third-order valence-corrected chi connectivity index (χ3v) is 14.5. The Labute approximate surface area is 398 Å². The Morgan fingerprint density at radius 1 is 0.329 bits per heavy atom. The Hall–Kier alpha value is -9.88. The van der Waals surface area contributed by atoms with E-state index in [4.69, 9.17) is 8.83 Å². The van der Waals surface area contributed by atoms with Crippen LogP contribution in [0.15, 0.2) is 215 Å². The average molecular weight is 891 g/mol. The van der Waals surface area contributed by atoms with E-state index in [9.17, 15) is 10.5 Å². The second kappa shape index (κ2) is 14.3. The quantitative estimate of drug-likeness (QED) is 0.176. The average Bonchev–Trinajstić information content (AvgIpc) is 4.17. The smallest absolute Gasteiger partial charge is 0.136 e. The number of hydrogen-bond acceptors (Lipinski definition) is 4. The maximum absolute atomic E-state index is 11.3. The van der Waals surface area contributed by atoms with Crippen LogP contribution < -0.4 is 0 Å². The molecule has 0 radical (unpaired) electrons. The second-order valence-electron chi connectivity index (χ2n) is 18.2. The predicted octanol–water partition coefficient (Wildman–Crippen LogP) is 17.1. The molecule has 70 heavy (non-hydrogen) atoms. The van der Waals surface area contributed by atoms with Crippen LogP contribution in [0.1, 0.15) is 11.1 Å². The lowest BCUT2D eigenvalue weighted by atomic mass is 9.99. The van der Waals surface area contributed by atoms with Crippen molar-refractivity contribution < 1.29 is 8.83 Å². The number of fused-ring (bicyclic) bond motifs is 16. The van der Waals surface area contributed by atoms with Crippen LogP contribution in [-0.4, -0.2) is 9.13 Å². The van der Waals surface area contributed by atoms with Gasteiger partial charge in [0.15, 0.2) is 0 Å². The molecule has 0 aliphatic heterocycles. The molecule has 4 heterocycles. The maximum Gasteiger partial charge on any atom is 0.136 e. The monoisotopic (exact) mass is 890 g/mol. The summed E-state index contributed by atoms with van der Waals surface area (Å²) in [5, 5.41) is 35.0. The summed E-state index contributed by atoms with van der Waals surface area (Å²) < 4.78 is 17.2. The zero-order valence-electron chi connectivity index (χ0n) is 37.2. The van der Waals surface area contributed by atoms with Gasteiger partial charge in [0.2, 0.25) is 0 Å². The topological polar surface area (TPSA) is 83.7 Å². The van der Waals surface area contributed by atoms with Crippen LogP contribution in [0.3, 0.4) is 0 Å². The zero-order chi connectivity index (χ0) is 46.2. The normalized spacial score (nSPS) is 12.0. The minimum Gasteiger partial charge on any atom is -0.456 e. The summed E-state index contributed by atoms with van der Waals surface area (Å²) in [6.45, 7) is 0. The van der Waals surface area contributed by atoms with Crippen LogP contribution >= 0.6 is 0 Å². The second-order valence-corrected chi connectivity index (χ2v) is 18.2. The molecule has 322 valence electrons. The highest BCUT2D eigenvalue weighted by atomic mass is 16.3. The molecule has 15 rings (SSSR count). The van der Waals surface area contributed by atoms with Gasteiger partial charge in [-0.3, -0.25) is 0 Å². The van der Waals surface area contributed by atoms with Crippen LogP contribution in [0.5, 0.6) is 0 Å². The standard InChI is InChI=1S/C64H34N4O2/c65-35-37-29-44(36-66)64(68-54-26-22-41(32-52(54)63-46-12-4-2-10-39(46)20-28-56(63)68)43-18-24-50-48-14-6-8-16-59(48)70-61(50)34-43)57(30-37)67-53-25-21-40(31-51(53)62-45-11-3-1-9-38(45)19-27-55(62)67)42-17-23-49-47-13-5-7-15-58(47)69-60(49)33-42/h1-34H. The van der Waals surface area contributed by atoms with E-state index in [-0.39, 0.29) is 0 Å². The van der Waals surface area contributed by atoms with Crippen molar-refractivity contribution in [1.29, 1.82) is 10.5 Å². The predicted molar refractivity (Wildman–Crippen MR) is 285 cm³/mol. The Bertz CT molecular complexity index is 4870. The largest absolute Gasteiger partial charge is 0.456 e. The van der Waals surface area contributed by atoms with Crippen molar-refractivity contribution in [3.8, 4) is 45.8 Å². The van der Waals surface area contributed by atoms with Gasteiger partial charge in [0.05, 0.1) is 50.6 Å². The minimum absolute atomic E-state index is 0.395. The lowest BCUT2D eigenvalue weighted by Gasteiger charge is -2.19. The van der Waals surface area contributed by atoms with Gasteiger partial charge in [0.1, 0.15) is 28.4 Å². The van der Waals surface area contributed by atoms with Gasteiger partial charge in [-0.2, -0.15) is 10.5 Å². The maximum atomic E-state index is 11.3. The molecule has 6 nitrogen and oxygen atoms in total. The number of nitriles is 2. The van der Waals surface area contributed by atoms with Crippen molar-refractivity contribution in [2.24, 2.45) is 0 Å². The minimum atomic E-state index is 0.395. The fraction of sp³-hybridized carbons (Fsp3) is 0. The number of nitrogens with zero attached hydrogens (tertiary/aromatic N) is 4. The van der Waals surface area contributed by atoms with Gasteiger partial charge in [0.25, 0.3) is 0 Å². The molecule has 0 fully saturated rings. The van der Waals surface area contributed by atoms with E-state index in [0.717, 1.165) is 137 Å². The van der Waals surface area contributed by atoms with Crippen molar-refractivity contribution in [2.75, 3.05) is 0 Å². The number of para-hydroxylation sites is 2. The Morgan fingerprint density at radius 3 is 1.31 bits per heavy atom. The van der Waals surface area contributed by atoms with Gasteiger partial charge in [-0.15, -0.1) is 0 Å². The Kier molecular flexibility index (Phi) is 7.82. The summed E-state index contributed by atoms with van der Waals surface area (Å²) in [7, 11) is 0. The molecule has 0 aliphatic carbocycles. The third kappa shape index (κ3) is 5.36. The molecular formula is C64H34N4O2. The first-order valence-electron chi connectivity index (χ1n) is 23.3. The first-order chi connectivity index (χ1) is 34.6. The number of furan rings is 2. The number of aromatic nitrogens is 2. The van der Waals surface area contributed by atoms with Crippen molar-refractivity contribution >= 4 is 109 Å². The van der Waals surface area contributed by atoms with Gasteiger partial charge in [0, 0.05) is 43.1 Å². The molecule has 0 saturated heterocycles. The highest BCUT2D eigenvalue weighted by Crippen LogP contribution is 2.45. The van der Waals surface area contributed by atoms with Gasteiger partial charge in [-0.1, -0.05) is 121 Å². The zero-order valence-corrected chi connectivity index (χ0v) is 37.2. The SMILES string of the molecule is N#Cc1cc(C#N)c(-n2c3ccc(-c4ccc5c(c4)oc4ccccc45)cc3c3c4ccccc4ccc32)c(-n2c3ccc(-c4ccc5c(c4)oc4ccccc45)cc3c3c4ccccc4ccc32)c1. The van der Waals surface area contributed by atoms with E-state index in [1.165, 1.54) is 0 Å². The highest BCUT2D eigenvalue weighted by molar-refractivity contribution is 6.24. The van der Waals surface area contributed by atoms with Crippen LogP contribution in [0.4, 0.5) is 0 Å². The van der Waals surface area contributed by atoms with Crippen molar-refractivity contribution in [3.05, 3.63) is 217 Å². The molecule has 6 heteroatoms. The van der Waals surface area contributed by atoms with Crippen LogP contribution in [0.2, 0.25) is 0 Å². The molecular weight excluding hydrogens is 857 g/mol. The van der Waals surface area contributed by atoms with Gasteiger partial charge >= 0.3 is 0 Å². The molecule has 0 unspecified atom stereocenters.